The highest BCUT2D eigenvalue weighted by Crippen LogP contribution is 2.24. The number of aromatic nitrogens is 1. The third-order valence-corrected chi connectivity index (χ3v) is 2.97. The number of carbonyl (C=O) groups is 1. The van der Waals surface area contributed by atoms with Gasteiger partial charge in [-0.05, 0) is 26.0 Å². The Morgan fingerprint density at radius 3 is 2.30 bits per heavy atom. The zero-order valence-corrected chi connectivity index (χ0v) is 13.7. The third kappa shape index (κ3) is 4.76. The second kappa shape index (κ2) is 5.70. The van der Waals surface area contributed by atoms with E-state index in [9.17, 15) is 9.90 Å². The van der Waals surface area contributed by atoms with Gasteiger partial charge < -0.3 is 10.0 Å². The van der Waals surface area contributed by atoms with Crippen LogP contribution in [0.5, 0.6) is 0 Å². The minimum atomic E-state index is -0.936. The molecule has 5 heteroatoms. The maximum Gasteiger partial charge on any atom is 0.253 e. The molecule has 112 valence electrons. The van der Waals surface area contributed by atoms with Crippen LogP contribution in [0.2, 0.25) is 5.15 Å². The van der Waals surface area contributed by atoms with E-state index in [1.54, 1.807) is 33.0 Å². The van der Waals surface area contributed by atoms with Crippen molar-refractivity contribution in [3.8, 4) is 0 Å². The first kappa shape index (κ1) is 16.9. The molecule has 1 aromatic rings. The van der Waals surface area contributed by atoms with Crippen molar-refractivity contribution in [2.75, 3.05) is 13.6 Å². The second-order valence-electron chi connectivity index (χ2n) is 6.79. The third-order valence-electron chi connectivity index (χ3n) is 2.78. The van der Waals surface area contributed by atoms with Crippen molar-refractivity contribution in [2.24, 2.45) is 0 Å². The minimum absolute atomic E-state index is 0.179. The lowest BCUT2D eigenvalue weighted by Gasteiger charge is -2.26. The number of likely N-dealkylation sites (N-methyl/N-ethyl adjacent to an activating group) is 1. The summed E-state index contributed by atoms with van der Waals surface area (Å²) < 4.78 is 0. The summed E-state index contributed by atoms with van der Waals surface area (Å²) in [4.78, 5) is 18.1. The fourth-order valence-corrected chi connectivity index (χ4v) is 2.09. The molecule has 4 nitrogen and oxygen atoms in total. The second-order valence-corrected chi connectivity index (χ2v) is 7.17. The van der Waals surface area contributed by atoms with Crippen LogP contribution in [0.25, 0.3) is 0 Å². The van der Waals surface area contributed by atoms with Crippen molar-refractivity contribution in [1.82, 2.24) is 9.88 Å². The molecule has 0 saturated carbocycles. The van der Waals surface area contributed by atoms with Gasteiger partial charge in [0.05, 0.1) is 5.60 Å². The number of rotatable bonds is 3. The molecule has 0 unspecified atom stereocenters. The van der Waals surface area contributed by atoms with Crippen molar-refractivity contribution in [2.45, 2.75) is 45.6 Å². The smallest absolute Gasteiger partial charge is 0.253 e. The molecule has 0 radical (unpaired) electrons. The monoisotopic (exact) mass is 298 g/mol. The molecule has 0 bridgehead atoms. The summed E-state index contributed by atoms with van der Waals surface area (Å²) in [6.45, 7) is 9.62. The molecule has 0 aromatic carbocycles. The zero-order valence-electron chi connectivity index (χ0n) is 13.0. The van der Waals surface area contributed by atoms with Crippen LogP contribution in [0, 0.1) is 0 Å². The first-order valence-corrected chi connectivity index (χ1v) is 6.94. The number of halogens is 1. The van der Waals surface area contributed by atoms with Gasteiger partial charge in [-0.3, -0.25) is 4.79 Å². The summed E-state index contributed by atoms with van der Waals surface area (Å²) >= 11 is 6.01. The molecule has 0 aliphatic carbocycles. The number of pyridine rings is 1. The summed E-state index contributed by atoms with van der Waals surface area (Å²) in [5, 5.41) is 10.1. The van der Waals surface area contributed by atoms with Crippen LogP contribution >= 0.6 is 11.6 Å². The first-order valence-electron chi connectivity index (χ1n) is 6.56. The summed E-state index contributed by atoms with van der Waals surface area (Å²) in [5.74, 6) is -0.179. The molecule has 1 N–H and O–H groups in total. The molecule has 1 rings (SSSR count). The van der Waals surface area contributed by atoms with Crippen molar-refractivity contribution in [3.63, 3.8) is 0 Å². The number of amides is 1. The van der Waals surface area contributed by atoms with E-state index in [-0.39, 0.29) is 17.9 Å². The first-order chi connectivity index (χ1) is 8.90. The number of aliphatic hydroxyl groups is 1. The van der Waals surface area contributed by atoms with E-state index in [1.165, 1.54) is 4.90 Å². The molecule has 0 aliphatic rings. The van der Waals surface area contributed by atoms with Crippen molar-refractivity contribution in [1.29, 1.82) is 0 Å². The number of hydrogen-bond donors (Lipinski definition) is 1. The lowest BCUT2D eigenvalue weighted by molar-refractivity contribution is 0.0368. The maximum absolute atomic E-state index is 12.4. The molecule has 1 heterocycles. The molecule has 0 atom stereocenters. The van der Waals surface area contributed by atoms with Crippen molar-refractivity contribution in [3.05, 3.63) is 28.5 Å². The van der Waals surface area contributed by atoms with Gasteiger partial charge in [-0.15, -0.1) is 0 Å². The molecule has 0 saturated heterocycles. The van der Waals surface area contributed by atoms with Gasteiger partial charge in [0.25, 0.3) is 5.91 Å². The summed E-state index contributed by atoms with van der Waals surface area (Å²) in [6, 6.07) is 3.31. The fourth-order valence-electron chi connectivity index (χ4n) is 1.88. The van der Waals surface area contributed by atoms with Gasteiger partial charge in [-0.1, -0.05) is 32.4 Å². The van der Waals surface area contributed by atoms with Crippen LogP contribution in [-0.4, -0.2) is 40.1 Å². The Labute approximate surface area is 125 Å². The predicted octanol–water partition coefficient (Wildman–Crippen LogP) is 2.88. The topological polar surface area (TPSA) is 53.4 Å². The fraction of sp³-hybridized carbons (Fsp3) is 0.600. The van der Waals surface area contributed by atoms with Gasteiger partial charge in [-0.2, -0.15) is 0 Å². The van der Waals surface area contributed by atoms with Gasteiger partial charge in [0.1, 0.15) is 5.15 Å². The lowest BCUT2D eigenvalue weighted by Crippen LogP contribution is -2.39. The van der Waals surface area contributed by atoms with E-state index in [2.05, 4.69) is 4.98 Å². The van der Waals surface area contributed by atoms with Crippen LogP contribution in [-0.2, 0) is 5.41 Å². The van der Waals surface area contributed by atoms with Gasteiger partial charge >= 0.3 is 0 Å². The van der Waals surface area contributed by atoms with Gasteiger partial charge in [0.15, 0.2) is 0 Å². The average Bonchev–Trinajstić information content (AvgIpc) is 2.23. The van der Waals surface area contributed by atoms with Crippen molar-refractivity contribution < 1.29 is 9.90 Å². The SMILES string of the molecule is CN(CC(C)(C)O)C(=O)c1cc(Cl)nc(C(C)(C)C)c1. The molecule has 0 fully saturated rings. The largest absolute Gasteiger partial charge is 0.389 e. The lowest BCUT2D eigenvalue weighted by atomic mass is 9.90. The van der Waals surface area contributed by atoms with E-state index in [4.69, 9.17) is 11.6 Å². The highest BCUT2D eigenvalue weighted by atomic mass is 35.5. The normalized spacial score (nSPS) is 12.4. The Hall–Kier alpha value is -1.13. The summed E-state index contributed by atoms with van der Waals surface area (Å²) in [6.07, 6.45) is 0. The number of carbonyl (C=O) groups excluding carboxylic acids is 1. The molecule has 1 aromatic heterocycles. The zero-order chi connectivity index (χ0) is 15.7. The van der Waals surface area contributed by atoms with Crippen LogP contribution in [0.15, 0.2) is 12.1 Å². The van der Waals surface area contributed by atoms with Gasteiger partial charge in [-0.25, -0.2) is 4.98 Å². The molecule has 0 spiro atoms. The molecular formula is C15H23ClN2O2. The van der Waals surface area contributed by atoms with E-state index in [0.717, 1.165) is 5.69 Å². The van der Waals surface area contributed by atoms with Gasteiger partial charge in [0.2, 0.25) is 0 Å². The highest BCUT2D eigenvalue weighted by Gasteiger charge is 2.23. The molecule has 1 amide bonds. The standard InChI is InChI=1S/C15H23ClN2O2/c1-14(2,3)11-7-10(8-12(16)17-11)13(19)18(6)9-15(4,5)20/h7-8,20H,9H2,1-6H3. The summed E-state index contributed by atoms with van der Waals surface area (Å²) in [5.41, 5.74) is 0.134. The van der Waals surface area contributed by atoms with E-state index in [1.807, 2.05) is 20.8 Å². The Morgan fingerprint density at radius 2 is 1.85 bits per heavy atom. The Kier molecular flexibility index (Phi) is 4.82. The minimum Gasteiger partial charge on any atom is -0.389 e. The highest BCUT2D eigenvalue weighted by molar-refractivity contribution is 6.29. The van der Waals surface area contributed by atoms with Crippen LogP contribution in [0.4, 0.5) is 0 Å². The van der Waals surface area contributed by atoms with Crippen LogP contribution in [0.3, 0.4) is 0 Å². The predicted molar refractivity (Wildman–Crippen MR) is 81.2 cm³/mol. The Bertz CT molecular complexity index is 502. The van der Waals surface area contributed by atoms with Crippen LogP contribution in [0.1, 0.15) is 50.7 Å². The Balaban J connectivity index is 3.08. The van der Waals surface area contributed by atoms with E-state index >= 15 is 0 Å². The number of nitrogens with zero attached hydrogens (tertiary/aromatic N) is 2. The van der Waals surface area contributed by atoms with Crippen molar-refractivity contribution >= 4 is 17.5 Å². The molecule has 20 heavy (non-hydrogen) atoms. The average molecular weight is 299 g/mol. The summed E-state index contributed by atoms with van der Waals surface area (Å²) in [7, 11) is 1.66. The quantitative estimate of drug-likeness (QED) is 0.873. The van der Waals surface area contributed by atoms with Crippen LogP contribution < -0.4 is 0 Å². The van der Waals surface area contributed by atoms with E-state index in [0.29, 0.717) is 10.7 Å². The van der Waals surface area contributed by atoms with Gasteiger partial charge in [0, 0.05) is 30.3 Å². The molecular weight excluding hydrogens is 276 g/mol. The Morgan fingerprint density at radius 1 is 1.30 bits per heavy atom. The number of hydrogen-bond acceptors (Lipinski definition) is 3. The maximum atomic E-state index is 12.4. The van der Waals surface area contributed by atoms with E-state index < -0.39 is 5.60 Å². The molecule has 0 aliphatic heterocycles.